The molecule has 1 aliphatic heterocycles. The van der Waals surface area contributed by atoms with Crippen LogP contribution in [-0.2, 0) is 21.5 Å². The van der Waals surface area contributed by atoms with Crippen molar-refractivity contribution in [3.8, 4) is 0 Å². The molecule has 44 heavy (non-hydrogen) atoms. The number of nitrogens with one attached hydrogen (secondary N) is 3. The van der Waals surface area contributed by atoms with Crippen molar-refractivity contribution < 1.29 is 18.6 Å². The lowest BCUT2D eigenvalue weighted by molar-refractivity contribution is -0.111. The van der Waals surface area contributed by atoms with Crippen LogP contribution in [0.2, 0.25) is 10.0 Å². The fourth-order valence-corrected chi connectivity index (χ4v) is 6.94. The average molecular weight is 661 g/mol. The molecular formula is C30H35Cl2N7O4S. The zero-order valence-electron chi connectivity index (χ0n) is 24.7. The number of piperidine rings is 1. The van der Waals surface area contributed by atoms with Gasteiger partial charge in [0.25, 0.3) is 11.8 Å². The van der Waals surface area contributed by atoms with Gasteiger partial charge in [-0.15, -0.1) is 0 Å². The molecule has 0 spiro atoms. The van der Waals surface area contributed by atoms with Gasteiger partial charge >= 0.3 is 0 Å². The molecule has 2 aromatic carbocycles. The van der Waals surface area contributed by atoms with Crippen molar-refractivity contribution in [3.63, 3.8) is 0 Å². The molecule has 3 amide bonds. The number of likely N-dealkylation sites (N-methyl/N-ethyl adjacent to an activating group) is 1. The van der Waals surface area contributed by atoms with Gasteiger partial charge in [0.1, 0.15) is 0 Å². The van der Waals surface area contributed by atoms with Gasteiger partial charge < -0.3 is 20.9 Å². The maximum atomic E-state index is 13.8. The fourth-order valence-electron chi connectivity index (χ4n) is 4.67. The van der Waals surface area contributed by atoms with Gasteiger partial charge in [-0.1, -0.05) is 41.4 Å². The normalized spacial score (nSPS) is 15.7. The van der Waals surface area contributed by atoms with E-state index in [2.05, 4.69) is 26.9 Å². The minimum Gasteiger partial charge on any atom is -0.348 e. The Morgan fingerprint density at radius 1 is 1.07 bits per heavy atom. The minimum atomic E-state index is -2.84. The first-order valence-corrected chi connectivity index (χ1v) is 16.2. The van der Waals surface area contributed by atoms with Gasteiger partial charge in [0, 0.05) is 55.6 Å². The summed E-state index contributed by atoms with van der Waals surface area (Å²) < 4.78 is 17.0. The van der Waals surface area contributed by atoms with Crippen molar-refractivity contribution in [3.05, 3.63) is 82.1 Å². The molecular weight excluding hydrogens is 625 g/mol. The van der Waals surface area contributed by atoms with Crippen LogP contribution < -0.4 is 16.0 Å². The molecule has 3 N–H and O–H groups in total. The number of carbonyl (C=O) groups excluding carboxylic acids is 3. The second-order valence-electron chi connectivity index (χ2n) is 10.6. The van der Waals surface area contributed by atoms with Gasteiger partial charge in [-0.05, 0) is 63.1 Å². The van der Waals surface area contributed by atoms with Crippen LogP contribution in [0.1, 0.15) is 33.7 Å². The van der Waals surface area contributed by atoms with Crippen molar-refractivity contribution in [2.75, 3.05) is 44.4 Å². The molecule has 1 fully saturated rings. The first-order valence-electron chi connectivity index (χ1n) is 13.8. The van der Waals surface area contributed by atoms with Gasteiger partial charge in [0.15, 0.2) is 5.69 Å². The summed E-state index contributed by atoms with van der Waals surface area (Å²) in [6.45, 7) is 1.48. The number of anilines is 2. The highest BCUT2D eigenvalue weighted by Crippen LogP contribution is 2.27. The van der Waals surface area contributed by atoms with Crippen molar-refractivity contribution in [1.82, 2.24) is 24.3 Å². The lowest BCUT2D eigenvalue weighted by Gasteiger charge is -2.34. The number of halogens is 2. The Balaban J connectivity index is 1.36. The number of benzene rings is 2. The summed E-state index contributed by atoms with van der Waals surface area (Å²) in [4.78, 5) is 40.8. The quantitative estimate of drug-likeness (QED) is 0.224. The summed E-state index contributed by atoms with van der Waals surface area (Å²) in [7, 11) is 2.61. The molecule has 3 aromatic rings. The molecule has 14 heteroatoms. The van der Waals surface area contributed by atoms with Gasteiger partial charge in [-0.3, -0.25) is 19.1 Å². The molecule has 0 bridgehead atoms. The largest absolute Gasteiger partial charge is 0.348 e. The maximum absolute atomic E-state index is 13.8. The first-order chi connectivity index (χ1) is 20.8. The number of aromatic nitrogens is 2. The monoisotopic (exact) mass is 659 g/mol. The Kier molecular flexibility index (Phi) is 10.9. The van der Waals surface area contributed by atoms with E-state index in [0.29, 0.717) is 43.1 Å². The number of nitrogens with zero attached hydrogens (tertiary/aromatic N) is 4. The number of hydrogen-bond acceptors (Lipinski definition) is 6. The van der Waals surface area contributed by atoms with Crippen LogP contribution >= 0.6 is 23.2 Å². The molecule has 1 saturated heterocycles. The van der Waals surface area contributed by atoms with Crippen LogP contribution in [0.15, 0.2) is 65.7 Å². The summed E-state index contributed by atoms with van der Waals surface area (Å²) in [6.07, 6.45) is 5.79. The maximum Gasteiger partial charge on any atom is 0.274 e. The zero-order valence-corrected chi connectivity index (χ0v) is 27.0. The van der Waals surface area contributed by atoms with Gasteiger partial charge in [-0.2, -0.15) is 5.10 Å². The highest BCUT2D eigenvalue weighted by Gasteiger charge is 2.28. The van der Waals surface area contributed by atoms with E-state index in [4.69, 9.17) is 23.2 Å². The Morgan fingerprint density at radius 3 is 2.39 bits per heavy atom. The van der Waals surface area contributed by atoms with Crippen LogP contribution in [0.5, 0.6) is 0 Å². The summed E-state index contributed by atoms with van der Waals surface area (Å²) in [5.41, 5.74) is 0.878. The molecule has 234 valence electrons. The molecule has 1 unspecified atom stereocenters. The zero-order chi connectivity index (χ0) is 32.0. The van der Waals surface area contributed by atoms with Gasteiger partial charge in [-0.25, -0.2) is 8.51 Å². The molecule has 11 nitrogen and oxygen atoms in total. The predicted octanol–water partition coefficient (Wildman–Crippen LogP) is 3.92. The van der Waals surface area contributed by atoms with E-state index >= 15 is 0 Å². The van der Waals surface area contributed by atoms with Crippen LogP contribution in [-0.4, -0.2) is 86.6 Å². The molecule has 0 saturated carbocycles. The lowest BCUT2D eigenvalue weighted by atomic mass is 10.1. The van der Waals surface area contributed by atoms with Crippen LogP contribution in [0, 0.1) is 0 Å². The van der Waals surface area contributed by atoms with Crippen molar-refractivity contribution in [2.24, 2.45) is 7.05 Å². The molecule has 1 aliphatic rings. The van der Waals surface area contributed by atoms with E-state index < -0.39 is 21.5 Å². The summed E-state index contributed by atoms with van der Waals surface area (Å²) in [6, 6.07) is 11.4. The number of rotatable bonds is 10. The third-order valence-electron chi connectivity index (χ3n) is 6.90. The molecule has 0 aliphatic carbocycles. The summed E-state index contributed by atoms with van der Waals surface area (Å²) in [5.74, 6) is 2.73. The van der Waals surface area contributed by atoms with E-state index in [1.165, 1.54) is 17.0 Å². The number of amides is 3. The molecule has 1 atom stereocenters. The topological polar surface area (TPSA) is 129 Å². The van der Waals surface area contributed by atoms with Crippen LogP contribution in [0.4, 0.5) is 11.4 Å². The Bertz CT molecular complexity index is 1660. The van der Waals surface area contributed by atoms with Gasteiger partial charge in [0.05, 0.1) is 31.0 Å². The number of hydrogen-bond donors (Lipinski definition) is 3. The van der Waals surface area contributed by atoms with E-state index in [-0.39, 0.29) is 38.9 Å². The average Bonchev–Trinajstić information content (AvgIpc) is 3.33. The van der Waals surface area contributed by atoms with E-state index in [1.807, 2.05) is 19.0 Å². The number of aryl methyl sites for hydroxylation is 1. The summed E-state index contributed by atoms with van der Waals surface area (Å²) >= 11 is 12.3. The van der Waals surface area contributed by atoms with E-state index in [0.717, 1.165) is 0 Å². The van der Waals surface area contributed by atoms with Crippen molar-refractivity contribution >= 4 is 67.9 Å². The Morgan fingerprint density at radius 2 is 1.73 bits per heavy atom. The standard InChI is InChI=1S/C30H35Cl2N7O4S/c1-37(2)15-7-12-26(40)33-21-8-5-9-22(18-21)44(4,43)39-16-13-20(14-17-39)34-30(42)28-25(19-38(3)36-28)35-29(41)27-23(31)10-6-11-24(27)32/h5-12,18-20H,4,13-17H2,1-3H3,(H,33,40)(H,34,42)(H,35,41)/b12-7+. The predicted molar refractivity (Wildman–Crippen MR) is 176 cm³/mol. The second kappa shape index (κ2) is 14.4. The van der Waals surface area contributed by atoms with Crippen LogP contribution in [0.25, 0.3) is 0 Å². The number of carbonyl (C=O) groups is 3. The lowest BCUT2D eigenvalue weighted by Crippen LogP contribution is -2.46. The van der Waals surface area contributed by atoms with E-state index in [9.17, 15) is 18.6 Å². The first kappa shape index (κ1) is 33.2. The third-order valence-corrected chi connectivity index (χ3v) is 9.72. The molecule has 1 aromatic heterocycles. The Hall–Kier alpha value is -3.68. The highest BCUT2D eigenvalue weighted by molar-refractivity contribution is 7.98. The van der Waals surface area contributed by atoms with Crippen molar-refractivity contribution in [2.45, 2.75) is 23.8 Å². The van der Waals surface area contributed by atoms with Crippen LogP contribution in [0.3, 0.4) is 0 Å². The minimum absolute atomic E-state index is 0.0443. The molecule has 0 radical (unpaired) electrons. The summed E-state index contributed by atoms with van der Waals surface area (Å²) in [5, 5.41) is 13.1. The Labute approximate surface area is 267 Å². The third kappa shape index (κ3) is 8.27. The second-order valence-corrected chi connectivity index (χ2v) is 13.7. The van der Waals surface area contributed by atoms with Gasteiger partial charge in [0.2, 0.25) is 5.91 Å². The fraction of sp³-hybridized carbons (Fsp3) is 0.300. The van der Waals surface area contributed by atoms with Crippen molar-refractivity contribution in [1.29, 1.82) is 0 Å². The SMILES string of the molecule is C=S(=O)(c1cccc(NC(=O)/C=C/CN(C)C)c1)N1CCC(NC(=O)c2nn(C)cc2NC(=O)c2c(Cl)cccc2Cl)CC1. The van der Waals surface area contributed by atoms with E-state index in [1.54, 1.807) is 59.9 Å². The molecule has 4 rings (SSSR count). The highest BCUT2D eigenvalue weighted by atomic mass is 35.5. The molecule has 2 heterocycles. The smallest absolute Gasteiger partial charge is 0.274 e.